The molecule has 0 aliphatic carbocycles. The lowest BCUT2D eigenvalue weighted by Crippen LogP contribution is -2.37. The van der Waals surface area contributed by atoms with Crippen molar-refractivity contribution in [1.82, 2.24) is 19.5 Å². The van der Waals surface area contributed by atoms with E-state index in [-0.39, 0.29) is 0 Å². The molecule has 0 radical (unpaired) electrons. The number of nitrogens with two attached hydrogens (primary N) is 2. The first-order valence-electron chi connectivity index (χ1n) is 19.1. The molecule has 2 aliphatic rings. The molecule has 6 heteroatoms. The van der Waals surface area contributed by atoms with E-state index in [1.165, 1.54) is 0 Å². The number of benzene rings is 5. The van der Waals surface area contributed by atoms with Crippen LogP contribution in [-0.4, -0.2) is 19.5 Å². The van der Waals surface area contributed by atoms with Gasteiger partial charge < -0.3 is 21.0 Å². The number of anilines is 2. The minimum Gasteiger partial charge on any atom is -0.399 e. The van der Waals surface area contributed by atoms with Crippen LogP contribution >= 0.6 is 0 Å². The Kier molecular flexibility index (Phi) is 8.23. The molecule has 8 aromatic rings. The molecule has 5 aromatic carbocycles. The van der Waals surface area contributed by atoms with Gasteiger partial charge in [-0.15, -0.1) is 0 Å². The van der Waals surface area contributed by atoms with Crippen molar-refractivity contribution in [1.29, 1.82) is 0 Å². The van der Waals surface area contributed by atoms with Crippen LogP contribution in [0.2, 0.25) is 0 Å². The molecule has 272 valence electrons. The highest BCUT2D eigenvalue weighted by Gasteiger charge is 2.41. The first-order chi connectivity index (χ1) is 28.0. The first kappa shape index (κ1) is 33.8. The number of nitrogen functional groups attached to an aromatic ring is 2. The largest absolute Gasteiger partial charge is 0.399 e. The van der Waals surface area contributed by atoms with Gasteiger partial charge in [-0.2, -0.15) is 0 Å². The molecular formula is C51H38N6. The van der Waals surface area contributed by atoms with Gasteiger partial charge in [0.1, 0.15) is 5.54 Å². The fourth-order valence-electron chi connectivity index (χ4n) is 8.36. The van der Waals surface area contributed by atoms with E-state index in [0.717, 1.165) is 83.8 Å². The molecule has 6 nitrogen and oxygen atoms in total. The molecule has 2 aliphatic heterocycles. The Morgan fingerprint density at radius 3 is 1.12 bits per heavy atom. The molecule has 5 heterocycles. The maximum atomic E-state index is 6.37. The fraction of sp³-hybridized carbons (Fsp3) is 0.0196. The van der Waals surface area contributed by atoms with Gasteiger partial charge in [0.05, 0.1) is 33.8 Å². The van der Waals surface area contributed by atoms with E-state index in [9.17, 15) is 0 Å². The molecule has 10 rings (SSSR count). The average molecular weight is 735 g/mol. The summed E-state index contributed by atoms with van der Waals surface area (Å²) in [6.45, 7) is 0. The lowest BCUT2D eigenvalue weighted by molar-refractivity contribution is 0.549. The zero-order valence-electron chi connectivity index (χ0n) is 31.0. The zero-order valence-corrected chi connectivity index (χ0v) is 31.0. The van der Waals surface area contributed by atoms with Gasteiger partial charge in [-0.3, -0.25) is 0 Å². The molecular weight excluding hydrogens is 697 g/mol. The quantitative estimate of drug-likeness (QED) is 0.117. The summed E-state index contributed by atoms with van der Waals surface area (Å²) >= 11 is 0. The van der Waals surface area contributed by atoms with Crippen molar-refractivity contribution in [2.75, 3.05) is 11.5 Å². The highest BCUT2D eigenvalue weighted by molar-refractivity contribution is 6.05. The van der Waals surface area contributed by atoms with Gasteiger partial charge in [0.2, 0.25) is 0 Å². The molecule has 0 spiro atoms. The molecule has 0 atom stereocenters. The van der Waals surface area contributed by atoms with Gasteiger partial charge in [0, 0.05) is 33.5 Å². The minimum absolute atomic E-state index is 0.692. The van der Waals surface area contributed by atoms with Crippen molar-refractivity contribution < 1.29 is 0 Å². The van der Waals surface area contributed by atoms with Crippen LogP contribution in [-0.2, 0) is 5.54 Å². The van der Waals surface area contributed by atoms with Crippen LogP contribution in [0.25, 0.3) is 68.6 Å². The van der Waals surface area contributed by atoms with Gasteiger partial charge in [-0.25, -0.2) is 9.97 Å². The second kappa shape index (κ2) is 13.9. The Balaban J connectivity index is 1.53. The second-order valence-electron chi connectivity index (χ2n) is 14.4. The Hall–Kier alpha value is -7.70. The Bertz CT molecular complexity index is 2760. The summed E-state index contributed by atoms with van der Waals surface area (Å²) < 4.78 is 2.52. The lowest BCUT2D eigenvalue weighted by atomic mass is 9.76. The third-order valence-electron chi connectivity index (χ3n) is 10.8. The standard InChI is InChI=1S/C51H38N6/c52-39-20-16-34(17-21-39)49-47-32-45-28-26-43(55-45)30-41-24-25-42(54-41)31-44-27-29-46(56-44)33-48(50(49)35-18-22-40(53)23-19-35)57(47)51(36-10-4-1-5-11-36,37-12-6-2-7-13-37)38-14-8-3-9-15-38/h1-33,54H,52-53H2. The number of hydrogen-bond acceptors (Lipinski definition) is 4. The number of rotatable bonds is 6. The Labute approximate surface area is 330 Å². The number of hydrogen-bond donors (Lipinski definition) is 3. The monoisotopic (exact) mass is 734 g/mol. The molecule has 0 unspecified atom stereocenters. The summed E-state index contributed by atoms with van der Waals surface area (Å²) in [5.74, 6) is 0. The van der Waals surface area contributed by atoms with E-state index in [1.807, 2.05) is 24.3 Å². The van der Waals surface area contributed by atoms with Crippen molar-refractivity contribution in [2.45, 2.75) is 5.54 Å². The maximum Gasteiger partial charge on any atom is 0.121 e. The molecule has 0 saturated carbocycles. The smallest absolute Gasteiger partial charge is 0.121 e. The van der Waals surface area contributed by atoms with Crippen molar-refractivity contribution >= 4 is 57.7 Å². The molecule has 5 N–H and O–H groups in total. The number of nitrogens with one attached hydrogen (secondary N) is 1. The van der Waals surface area contributed by atoms with E-state index in [1.54, 1.807) is 0 Å². The van der Waals surface area contributed by atoms with E-state index in [4.69, 9.17) is 21.4 Å². The number of fused-ring (bicyclic) bond motifs is 8. The SMILES string of the molecule is Nc1ccc(-c2c(-c3ccc(N)cc3)c3cc4nc(cc5ccc(cc6nc(cc2n3C(c2ccccc2)(c2ccccc2)c2ccccc2)C=C6)[nH]5)C=C4)cc1. The molecule has 0 fully saturated rings. The van der Waals surface area contributed by atoms with Crippen LogP contribution in [0.5, 0.6) is 0 Å². The van der Waals surface area contributed by atoms with Crippen molar-refractivity contribution in [3.63, 3.8) is 0 Å². The summed E-state index contributed by atoms with van der Waals surface area (Å²) in [5, 5.41) is 0. The Morgan fingerprint density at radius 1 is 0.404 bits per heavy atom. The van der Waals surface area contributed by atoms with E-state index >= 15 is 0 Å². The van der Waals surface area contributed by atoms with Gasteiger partial charge in [0.15, 0.2) is 0 Å². The maximum absolute atomic E-state index is 6.37. The molecule has 0 amide bonds. The highest BCUT2D eigenvalue weighted by atomic mass is 15.1. The van der Waals surface area contributed by atoms with Crippen molar-refractivity contribution in [3.05, 3.63) is 215 Å². The van der Waals surface area contributed by atoms with E-state index < -0.39 is 5.54 Å². The van der Waals surface area contributed by atoms with Crippen molar-refractivity contribution in [3.8, 4) is 22.3 Å². The van der Waals surface area contributed by atoms with Crippen LogP contribution < -0.4 is 11.5 Å². The second-order valence-corrected chi connectivity index (χ2v) is 14.4. The van der Waals surface area contributed by atoms with Crippen LogP contribution in [0.1, 0.15) is 39.5 Å². The van der Waals surface area contributed by atoms with E-state index in [0.29, 0.717) is 11.4 Å². The van der Waals surface area contributed by atoms with Crippen LogP contribution in [0.3, 0.4) is 0 Å². The van der Waals surface area contributed by atoms with Gasteiger partial charge in [0.25, 0.3) is 0 Å². The van der Waals surface area contributed by atoms with Gasteiger partial charge in [-0.1, -0.05) is 115 Å². The van der Waals surface area contributed by atoms with Crippen LogP contribution in [0.4, 0.5) is 11.4 Å². The molecule has 0 saturated heterocycles. The summed E-state index contributed by atoms with van der Waals surface area (Å²) in [6.07, 6.45) is 8.33. The average Bonchev–Trinajstić information content (AvgIpc) is 4.06. The normalized spacial score (nSPS) is 12.2. The number of nitrogens with zero attached hydrogens (tertiary/aromatic N) is 3. The van der Waals surface area contributed by atoms with Crippen molar-refractivity contribution in [2.24, 2.45) is 0 Å². The third kappa shape index (κ3) is 6.01. The predicted molar refractivity (Wildman–Crippen MR) is 237 cm³/mol. The summed E-state index contributed by atoms with van der Waals surface area (Å²) in [5.41, 5.74) is 27.8. The summed E-state index contributed by atoms with van der Waals surface area (Å²) in [4.78, 5) is 13.9. The highest BCUT2D eigenvalue weighted by Crippen LogP contribution is 2.50. The topological polar surface area (TPSA) is 98.5 Å². The molecule has 3 aromatic heterocycles. The number of H-pyrrole nitrogens is 1. The van der Waals surface area contributed by atoms with Crippen LogP contribution in [0.15, 0.2) is 176 Å². The summed E-state index contributed by atoms with van der Waals surface area (Å²) in [7, 11) is 0. The Morgan fingerprint density at radius 2 is 0.754 bits per heavy atom. The zero-order chi connectivity index (χ0) is 38.3. The fourth-order valence-corrected chi connectivity index (χ4v) is 8.36. The summed E-state index contributed by atoms with van der Waals surface area (Å²) in [6, 6.07) is 61.5. The molecule has 8 bridgehead atoms. The third-order valence-corrected chi connectivity index (χ3v) is 10.8. The van der Waals surface area contributed by atoms with Gasteiger partial charge in [-0.05, 0) is 113 Å². The minimum atomic E-state index is -0.900. The lowest BCUT2D eigenvalue weighted by Gasteiger charge is -2.39. The van der Waals surface area contributed by atoms with Gasteiger partial charge >= 0.3 is 0 Å². The number of aromatic nitrogens is 4. The molecule has 57 heavy (non-hydrogen) atoms. The predicted octanol–water partition coefficient (Wildman–Crippen LogP) is 11.5. The van der Waals surface area contributed by atoms with E-state index in [2.05, 4.69) is 186 Å². The number of aromatic amines is 1. The first-order valence-corrected chi connectivity index (χ1v) is 19.1. The van der Waals surface area contributed by atoms with Crippen LogP contribution in [0, 0.1) is 0 Å².